The molecule has 1 nitrogen and oxygen atoms in total. The van der Waals surface area contributed by atoms with Crippen molar-refractivity contribution in [2.24, 2.45) is 5.73 Å². The fourth-order valence-electron chi connectivity index (χ4n) is 0.263. The van der Waals surface area contributed by atoms with E-state index in [4.69, 9.17) is 5.73 Å². The molecule has 0 rings (SSSR count). The maximum Gasteiger partial charge on any atom is -0.00426 e. The van der Waals surface area contributed by atoms with Crippen LogP contribution in [0.5, 0.6) is 0 Å². The molecule has 0 atom stereocenters. The predicted molar refractivity (Wildman–Crippen MR) is 35.7 cm³/mol. The fourth-order valence-corrected chi connectivity index (χ4v) is 0.263. The maximum absolute atomic E-state index is 5.16. The highest BCUT2D eigenvalue weighted by atomic mass is 35.5. The third kappa shape index (κ3) is 10.7. The van der Waals surface area contributed by atoms with E-state index >= 15 is 0 Å². The minimum Gasteiger partial charge on any atom is -0.330 e. The smallest absolute Gasteiger partial charge is 0.00426 e. The van der Waals surface area contributed by atoms with Crippen molar-refractivity contribution in [2.75, 3.05) is 6.54 Å². The fraction of sp³-hybridized carbons (Fsp3) is 0.600. The van der Waals surface area contributed by atoms with Gasteiger partial charge in [0.05, 0.1) is 0 Å². The monoisotopic (exact) mass is 121 g/mol. The van der Waals surface area contributed by atoms with E-state index in [0.717, 1.165) is 13.0 Å². The van der Waals surface area contributed by atoms with Crippen molar-refractivity contribution in [3.63, 3.8) is 0 Å². The molecule has 0 amide bonds. The van der Waals surface area contributed by atoms with Gasteiger partial charge >= 0.3 is 0 Å². The molecule has 0 radical (unpaired) electrons. The van der Waals surface area contributed by atoms with Gasteiger partial charge in [0.25, 0.3) is 0 Å². The van der Waals surface area contributed by atoms with Crippen molar-refractivity contribution in [3.8, 4) is 0 Å². The third-order valence-corrected chi connectivity index (χ3v) is 0.569. The summed E-state index contributed by atoms with van der Waals surface area (Å²) in [7, 11) is 0. The Morgan fingerprint density at radius 1 is 1.57 bits per heavy atom. The van der Waals surface area contributed by atoms with E-state index in [1.165, 1.54) is 0 Å². The molecule has 0 bridgehead atoms. The summed E-state index contributed by atoms with van der Waals surface area (Å²) in [5.74, 6) is 0. The van der Waals surface area contributed by atoms with Gasteiger partial charge in [0.15, 0.2) is 0 Å². The topological polar surface area (TPSA) is 26.0 Å². The molecule has 0 fully saturated rings. The van der Waals surface area contributed by atoms with E-state index in [9.17, 15) is 0 Å². The van der Waals surface area contributed by atoms with Crippen molar-refractivity contribution in [3.05, 3.63) is 12.2 Å². The summed E-state index contributed by atoms with van der Waals surface area (Å²) in [5, 5.41) is 0. The second-order valence-electron chi connectivity index (χ2n) is 1.15. The van der Waals surface area contributed by atoms with Crippen molar-refractivity contribution in [2.45, 2.75) is 13.3 Å². The quantitative estimate of drug-likeness (QED) is 0.549. The highest BCUT2D eigenvalue weighted by molar-refractivity contribution is 5.85. The maximum atomic E-state index is 5.16. The second-order valence-corrected chi connectivity index (χ2v) is 1.15. The highest BCUT2D eigenvalue weighted by Gasteiger charge is 1.64. The summed E-state index contributed by atoms with van der Waals surface area (Å²) in [6, 6.07) is 0. The first kappa shape index (κ1) is 10.1. The van der Waals surface area contributed by atoms with Gasteiger partial charge in [0.1, 0.15) is 0 Å². The van der Waals surface area contributed by atoms with Crippen LogP contribution in [-0.2, 0) is 0 Å². The van der Waals surface area contributed by atoms with Crippen LogP contribution >= 0.6 is 12.4 Å². The van der Waals surface area contributed by atoms with Gasteiger partial charge in [0, 0.05) is 0 Å². The van der Waals surface area contributed by atoms with Crippen LogP contribution in [0.4, 0.5) is 0 Å². The number of hydrogen-bond acceptors (Lipinski definition) is 1. The lowest BCUT2D eigenvalue weighted by molar-refractivity contribution is 1.01. The van der Waals surface area contributed by atoms with Crippen LogP contribution in [0.3, 0.4) is 0 Å². The number of hydrogen-bond donors (Lipinski definition) is 1. The van der Waals surface area contributed by atoms with Gasteiger partial charge in [0.2, 0.25) is 0 Å². The molecule has 0 aliphatic heterocycles. The summed E-state index contributed by atoms with van der Waals surface area (Å²) in [6.45, 7) is 2.76. The van der Waals surface area contributed by atoms with Gasteiger partial charge in [-0.25, -0.2) is 0 Å². The van der Waals surface area contributed by atoms with E-state index in [0.29, 0.717) is 0 Å². The first-order valence-electron chi connectivity index (χ1n) is 2.23. The van der Waals surface area contributed by atoms with E-state index in [2.05, 4.69) is 6.08 Å². The lowest BCUT2D eigenvalue weighted by atomic mass is 10.4. The summed E-state index contributed by atoms with van der Waals surface area (Å²) in [4.78, 5) is 0. The molecular weight excluding hydrogens is 110 g/mol. The van der Waals surface area contributed by atoms with Crippen LogP contribution < -0.4 is 5.73 Å². The van der Waals surface area contributed by atoms with Gasteiger partial charge in [-0.3, -0.25) is 0 Å². The van der Waals surface area contributed by atoms with Crippen molar-refractivity contribution in [1.29, 1.82) is 0 Å². The Kier molecular flexibility index (Phi) is 13.5. The molecular formula is C5H12ClN. The lowest BCUT2D eigenvalue weighted by Crippen LogP contribution is -1.94. The van der Waals surface area contributed by atoms with E-state index in [-0.39, 0.29) is 12.4 Å². The standard InChI is InChI=1S/C5H11N.ClH/c1-2-3-4-5-6;/h2-3H,4-6H2,1H3;1H. The predicted octanol–water partition coefficient (Wildman–Crippen LogP) is 1.33. The molecule has 0 unspecified atom stereocenters. The Hall–Kier alpha value is -0.0100. The molecule has 2 N–H and O–H groups in total. The summed E-state index contributed by atoms with van der Waals surface area (Å²) in [6.07, 6.45) is 5.07. The van der Waals surface area contributed by atoms with E-state index < -0.39 is 0 Å². The highest BCUT2D eigenvalue weighted by Crippen LogP contribution is 1.73. The zero-order chi connectivity index (χ0) is 4.83. The summed E-state index contributed by atoms with van der Waals surface area (Å²) in [5.41, 5.74) is 5.16. The molecule has 0 aliphatic carbocycles. The minimum atomic E-state index is 0. The van der Waals surface area contributed by atoms with Gasteiger partial charge in [-0.2, -0.15) is 0 Å². The summed E-state index contributed by atoms with van der Waals surface area (Å²) < 4.78 is 0. The Labute approximate surface area is 51.0 Å². The van der Waals surface area contributed by atoms with Gasteiger partial charge in [-0.05, 0) is 19.9 Å². The Balaban J connectivity index is 0. The number of nitrogens with two attached hydrogens (primary N) is 1. The van der Waals surface area contributed by atoms with Gasteiger partial charge in [-0.15, -0.1) is 12.4 Å². The number of allylic oxidation sites excluding steroid dienone is 1. The molecule has 0 spiro atoms. The van der Waals surface area contributed by atoms with Crippen molar-refractivity contribution in [1.82, 2.24) is 0 Å². The molecule has 0 aromatic carbocycles. The molecule has 0 saturated heterocycles. The zero-order valence-corrected chi connectivity index (χ0v) is 5.37. The normalized spacial score (nSPS) is 8.86. The minimum absolute atomic E-state index is 0. The number of rotatable bonds is 2. The average molecular weight is 122 g/mol. The van der Waals surface area contributed by atoms with E-state index in [1.54, 1.807) is 0 Å². The summed E-state index contributed by atoms with van der Waals surface area (Å²) >= 11 is 0. The third-order valence-electron chi connectivity index (χ3n) is 0.569. The Bertz CT molecular complexity index is 43.3. The molecule has 44 valence electrons. The van der Waals surface area contributed by atoms with Crippen LogP contribution in [0.15, 0.2) is 12.2 Å². The van der Waals surface area contributed by atoms with Crippen LogP contribution in [0.25, 0.3) is 0 Å². The zero-order valence-electron chi connectivity index (χ0n) is 4.55. The molecule has 0 heterocycles. The van der Waals surface area contributed by atoms with Crippen molar-refractivity contribution < 1.29 is 0 Å². The molecule has 7 heavy (non-hydrogen) atoms. The molecule has 0 aromatic heterocycles. The second kappa shape index (κ2) is 9.37. The SMILES string of the molecule is CC=CCCN.Cl. The van der Waals surface area contributed by atoms with Crippen LogP contribution in [0, 0.1) is 0 Å². The average Bonchev–Trinajstić information content (AvgIpc) is 1.61. The van der Waals surface area contributed by atoms with Gasteiger partial charge in [-0.1, -0.05) is 12.2 Å². The van der Waals surface area contributed by atoms with Crippen LogP contribution in [0.1, 0.15) is 13.3 Å². The molecule has 0 aromatic rings. The van der Waals surface area contributed by atoms with Crippen LogP contribution in [0.2, 0.25) is 0 Å². The van der Waals surface area contributed by atoms with Crippen molar-refractivity contribution >= 4 is 12.4 Å². The largest absolute Gasteiger partial charge is 0.330 e. The van der Waals surface area contributed by atoms with Crippen LogP contribution in [-0.4, -0.2) is 6.54 Å². The Morgan fingerprint density at radius 2 is 2.14 bits per heavy atom. The van der Waals surface area contributed by atoms with E-state index in [1.807, 2.05) is 13.0 Å². The first-order chi connectivity index (χ1) is 2.91. The molecule has 0 saturated carbocycles. The van der Waals surface area contributed by atoms with Gasteiger partial charge < -0.3 is 5.73 Å². The Morgan fingerprint density at radius 3 is 2.29 bits per heavy atom. The first-order valence-corrected chi connectivity index (χ1v) is 2.23. The number of halogens is 1. The molecule has 0 aliphatic rings. The lowest BCUT2D eigenvalue weighted by Gasteiger charge is -1.77. The molecule has 2 heteroatoms.